The first-order valence-corrected chi connectivity index (χ1v) is 7.19. The molecule has 1 unspecified atom stereocenters. The summed E-state index contributed by atoms with van der Waals surface area (Å²) >= 11 is 0. The second-order valence-electron chi connectivity index (χ2n) is 5.21. The zero-order chi connectivity index (χ0) is 15.1. The Morgan fingerprint density at radius 1 is 1.43 bits per heavy atom. The Bertz CT molecular complexity index is 504. The zero-order valence-electron chi connectivity index (χ0n) is 12.4. The van der Waals surface area contributed by atoms with Crippen LogP contribution in [-0.2, 0) is 4.74 Å². The van der Waals surface area contributed by atoms with Crippen molar-refractivity contribution in [2.75, 3.05) is 33.4 Å². The van der Waals surface area contributed by atoms with Crippen LogP contribution in [0.1, 0.15) is 23.2 Å². The van der Waals surface area contributed by atoms with E-state index >= 15 is 0 Å². The third kappa shape index (κ3) is 4.24. The second kappa shape index (κ2) is 7.70. The zero-order valence-corrected chi connectivity index (χ0v) is 12.4. The highest BCUT2D eigenvalue weighted by Gasteiger charge is 2.24. The van der Waals surface area contributed by atoms with Gasteiger partial charge >= 0.3 is 0 Å². The third-order valence-corrected chi connectivity index (χ3v) is 3.68. The molecule has 1 aliphatic heterocycles. The Kier molecular flexibility index (Phi) is 5.65. The lowest BCUT2D eigenvalue weighted by molar-refractivity contribution is 0.0534. The second-order valence-corrected chi connectivity index (χ2v) is 5.21. The van der Waals surface area contributed by atoms with E-state index in [0.29, 0.717) is 24.7 Å². The van der Waals surface area contributed by atoms with E-state index in [1.807, 2.05) is 17.0 Å². The van der Waals surface area contributed by atoms with Crippen LogP contribution in [-0.4, -0.2) is 44.2 Å². The van der Waals surface area contributed by atoms with Crippen LogP contribution < -0.4 is 4.74 Å². The summed E-state index contributed by atoms with van der Waals surface area (Å²) in [6, 6.07) is 7.23. The SMILES string of the molecule is C#CCOCC1CCCN(C(=O)c2ccc(OC)cc2)C1. The van der Waals surface area contributed by atoms with Crippen molar-refractivity contribution in [3.63, 3.8) is 0 Å². The first kappa shape index (κ1) is 15.4. The molecule has 1 fully saturated rings. The smallest absolute Gasteiger partial charge is 0.253 e. The fourth-order valence-electron chi connectivity index (χ4n) is 2.59. The predicted octanol–water partition coefficient (Wildman–Crippen LogP) is 2.20. The molecule has 0 radical (unpaired) electrons. The number of carbonyl (C=O) groups excluding carboxylic acids is 1. The number of nitrogens with zero attached hydrogens (tertiary/aromatic N) is 1. The van der Waals surface area contributed by atoms with Gasteiger partial charge in [-0.2, -0.15) is 0 Å². The standard InChI is InChI=1S/C17H21NO3/c1-3-11-21-13-14-5-4-10-18(12-14)17(19)15-6-8-16(20-2)9-7-15/h1,6-9,14H,4-5,10-13H2,2H3. The minimum Gasteiger partial charge on any atom is -0.497 e. The summed E-state index contributed by atoms with van der Waals surface area (Å²) in [4.78, 5) is 14.4. The van der Waals surface area contributed by atoms with Gasteiger partial charge in [-0.25, -0.2) is 0 Å². The van der Waals surface area contributed by atoms with Crippen molar-refractivity contribution in [3.8, 4) is 18.1 Å². The molecule has 1 aromatic rings. The highest BCUT2D eigenvalue weighted by Crippen LogP contribution is 2.20. The van der Waals surface area contributed by atoms with E-state index in [4.69, 9.17) is 15.9 Å². The number of hydrogen-bond donors (Lipinski definition) is 0. The number of methoxy groups -OCH3 is 1. The molecular formula is C17H21NO3. The molecule has 1 saturated heterocycles. The summed E-state index contributed by atoms with van der Waals surface area (Å²) in [5.41, 5.74) is 0.695. The molecule has 0 saturated carbocycles. The average molecular weight is 287 g/mol. The summed E-state index contributed by atoms with van der Waals surface area (Å²) in [6.07, 6.45) is 7.26. The predicted molar refractivity (Wildman–Crippen MR) is 81.3 cm³/mol. The van der Waals surface area contributed by atoms with Crippen LogP contribution in [0.15, 0.2) is 24.3 Å². The number of hydrogen-bond acceptors (Lipinski definition) is 3. The van der Waals surface area contributed by atoms with Gasteiger partial charge in [0.2, 0.25) is 0 Å². The van der Waals surface area contributed by atoms with Crippen LogP contribution in [0.25, 0.3) is 0 Å². The lowest BCUT2D eigenvalue weighted by Gasteiger charge is -2.32. The monoisotopic (exact) mass is 287 g/mol. The van der Waals surface area contributed by atoms with E-state index in [0.717, 1.165) is 31.7 Å². The summed E-state index contributed by atoms with van der Waals surface area (Å²) in [7, 11) is 1.61. The molecule has 112 valence electrons. The Labute approximate surface area is 126 Å². The van der Waals surface area contributed by atoms with Crippen molar-refractivity contribution >= 4 is 5.91 Å². The van der Waals surface area contributed by atoms with Crippen molar-refractivity contribution in [1.29, 1.82) is 0 Å². The van der Waals surface area contributed by atoms with Crippen LogP contribution in [0.4, 0.5) is 0 Å². The molecule has 0 bridgehead atoms. The van der Waals surface area contributed by atoms with Gasteiger partial charge in [0.05, 0.1) is 13.7 Å². The van der Waals surface area contributed by atoms with E-state index < -0.39 is 0 Å². The Morgan fingerprint density at radius 2 is 2.19 bits per heavy atom. The molecule has 0 N–H and O–H groups in total. The summed E-state index contributed by atoms with van der Waals surface area (Å²) in [5.74, 6) is 3.66. The number of rotatable bonds is 5. The van der Waals surface area contributed by atoms with Crippen molar-refractivity contribution in [2.45, 2.75) is 12.8 Å². The van der Waals surface area contributed by atoms with Gasteiger partial charge in [-0.15, -0.1) is 6.42 Å². The Morgan fingerprint density at radius 3 is 2.86 bits per heavy atom. The first-order valence-electron chi connectivity index (χ1n) is 7.19. The normalized spacial score (nSPS) is 18.1. The number of amides is 1. The molecule has 2 rings (SSSR count). The maximum atomic E-state index is 12.5. The van der Waals surface area contributed by atoms with E-state index in [-0.39, 0.29) is 5.91 Å². The van der Waals surface area contributed by atoms with Gasteiger partial charge in [-0.05, 0) is 37.1 Å². The summed E-state index contributed by atoms with van der Waals surface area (Å²) in [6.45, 7) is 2.49. The summed E-state index contributed by atoms with van der Waals surface area (Å²) < 4.78 is 10.5. The van der Waals surface area contributed by atoms with Crippen LogP contribution >= 0.6 is 0 Å². The largest absolute Gasteiger partial charge is 0.497 e. The van der Waals surface area contributed by atoms with Gasteiger partial charge in [0.1, 0.15) is 12.4 Å². The van der Waals surface area contributed by atoms with Gasteiger partial charge in [0.15, 0.2) is 0 Å². The molecule has 0 spiro atoms. The molecule has 4 heteroatoms. The fourth-order valence-corrected chi connectivity index (χ4v) is 2.59. The number of terminal acetylenes is 1. The van der Waals surface area contributed by atoms with Crippen molar-refractivity contribution in [1.82, 2.24) is 4.90 Å². The van der Waals surface area contributed by atoms with Crippen LogP contribution in [0.5, 0.6) is 5.75 Å². The third-order valence-electron chi connectivity index (χ3n) is 3.68. The molecule has 21 heavy (non-hydrogen) atoms. The van der Waals surface area contributed by atoms with Crippen molar-refractivity contribution < 1.29 is 14.3 Å². The first-order chi connectivity index (χ1) is 10.2. The maximum absolute atomic E-state index is 12.5. The van der Waals surface area contributed by atoms with E-state index in [1.54, 1.807) is 19.2 Å². The molecule has 1 amide bonds. The van der Waals surface area contributed by atoms with Crippen LogP contribution in [0.2, 0.25) is 0 Å². The van der Waals surface area contributed by atoms with E-state index in [2.05, 4.69) is 5.92 Å². The molecule has 0 aliphatic carbocycles. The Balaban J connectivity index is 1.93. The fraction of sp³-hybridized carbons (Fsp3) is 0.471. The van der Waals surface area contributed by atoms with Gasteiger partial charge in [-0.1, -0.05) is 5.92 Å². The number of benzene rings is 1. The van der Waals surface area contributed by atoms with Gasteiger partial charge < -0.3 is 14.4 Å². The number of likely N-dealkylation sites (tertiary alicyclic amines) is 1. The molecule has 1 heterocycles. The van der Waals surface area contributed by atoms with Gasteiger partial charge in [0, 0.05) is 24.6 Å². The molecule has 0 aromatic heterocycles. The number of ether oxygens (including phenoxy) is 2. The average Bonchev–Trinajstić information content (AvgIpc) is 2.55. The number of carbonyl (C=O) groups is 1. The highest BCUT2D eigenvalue weighted by atomic mass is 16.5. The lowest BCUT2D eigenvalue weighted by atomic mass is 9.98. The van der Waals surface area contributed by atoms with Crippen molar-refractivity contribution in [3.05, 3.63) is 29.8 Å². The minimum atomic E-state index is 0.0688. The molecule has 1 aliphatic rings. The van der Waals surface area contributed by atoms with E-state index in [1.165, 1.54) is 0 Å². The maximum Gasteiger partial charge on any atom is 0.253 e. The van der Waals surface area contributed by atoms with Crippen molar-refractivity contribution in [2.24, 2.45) is 5.92 Å². The van der Waals surface area contributed by atoms with Gasteiger partial charge in [-0.3, -0.25) is 4.79 Å². The number of piperidine rings is 1. The molecular weight excluding hydrogens is 266 g/mol. The molecule has 1 aromatic carbocycles. The quantitative estimate of drug-likeness (QED) is 0.615. The lowest BCUT2D eigenvalue weighted by Crippen LogP contribution is -2.41. The minimum absolute atomic E-state index is 0.0688. The van der Waals surface area contributed by atoms with Gasteiger partial charge in [0.25, 0.3) is 5.91 Å². The molecule has 1 atom stereocenters. The Hall–Kier alpha value is -1.99. The van der Waals surface area contributed by atoms with Crippen LogP contribution in [0.3, 0.4) is 0 Å². The summed E-state index contributed by atoms with van der Waals surface area (Å²) in [5, 5.41) is 0. The molecule has 4 nitrogen and oxygen atoms in total. The van der Waals surface area contributed by atoms with E-state index in [9.17, 15) is 4.79 Å². The van der Waals surface area contributed by atoms with Crippen LogP contribution in [0, 0.1) is 18.3 Å². The topological polar surface area (TPSA) is 38.8 Å². The highest BCUT2D eigenvalue weighted by molar-refractivity contribution is 5.94.